The van der Waals surface area contributed by atoms with Gasteiger partial charge in [-0.3, -0.25) is 9.59 Å². The van der Waals surface area contributed by atoms with E-state index in [1.54, 1.807) is 9.58 Å². The van der Waals surface area contributed by atoms with E-state index in [2.05, 4.69) is 21.7 Å². The number of hydrogen-bond donors (Lipinski definition) is 1. The summed E-state index contributed by atoms with van der Waals surface area (Å²) in [7, 11) is 0. The molecule has 3 atom stereocenters. The number of rotatable bonds is 7. The van der Waals surface area contributed by atoms with Gasteiger partial charge in [0.05, 0.1) is 18.3 Å². The van der Waals surface area contributed by atoms with Crippen LogP contribution >= 0.6 is 0 Å². The third kappa shape index (κ3) is 4.12. The van der Waals surface area contributed by atoms with Crippen molar-refractivity contribution in [3.63, 3.8) is 0 Å². The molecule has 1 N–H and O–H groups in total. The van der Waals surface area contributed by atoms with Gasteiger partial charge < -0.3 is 10.2 Å². The predicted molar refractivity (Wildman–Crippen MR) is 96.3 cm³/mol. The molecule has 1 aliphatic heterocycles. The highest BCUT2D eigenvalue weighted by Gasteiger charge is 2.35. The number of nitriles is 1. The Kier molecular flexibility index (Phi) is 4.85. The Morgan fingerprint density at radius 2 is 2.15 bits per heavy atom. The van der Waals surface area contributed by atoms with E-state index in [4.69, 9.17) is 0 Å². The van der Waals surface area contributed by atoms with Crippen molar-refractivity contribution < 1.29 is 9.59 Å². The first-order chi connectivity index (χ1) is 13.0. The van der Waals surface area contributed by atoms with Gasteiger partial charge in [-0.15, -0.1) is 5.10 Å². The zero-order valence-electron chi connectivity index (χ0n) is 15.7. The second-order valence-electron chi connectivity index (χ2n) is 8.34. The van der Waals surface area contributed by atoms with Gasteiger partial charge in [-0.2, -0.15) is 5.26 Å². The van der Waals surface area contributed by atoms with Gasteiger partial charge in [-0.05, 0) is 37.5 Å². The molecule has 2 saturated carbocycles. The average Bonchev–Trinajstić information content (AvgIpc) is 3.59. The Bertz CT molecular complexity index is 760. The van der Waals surface area contributed by atoms with Crippen molar-refractivity contribution >= 4 is 11.8 Å². The van der Waals surface area contributed by atoms with Crippen LogP contribution in [-0.4, -0.2) is 50.8 Å². The number of hydrogen-bond acceptors (Lipinski definition) is 5. The molecule has 2 aliphatic carbocycles. The van der Waals surface area contributed by atoms with E-state index in [0.717, 1.165) is 37.8 Å². The molecule has 2 heterocycles. The zero-order chi connectivity index (χ0) is 19.0. The van der Waals surface area contributed by atoms with E-state index in [9.17, 15) is 14.9 Å². The maximum Gasteiger partial charge on any atom is 0.245 e. The van der Waals surface area contributed by atoms with Crippen LogP contribution in [-0.2, 0) is 9.59 Å². The minimum absolute atomic E-state index is 0.0743. The third-order valence-corrected chi connectivity index (χ3v) is 5.79. The van der Waals surface area contributed by atoms with E-state index in [-0.39, 0.29) is 24.4 Å². The molecular formula is C19H26N6O2. The predicted octanol–water partition coefficient (Wildman–Crippen LogP) is 1.37. The molecule has 144 valence electrons. The molecule has 8 heteroatoms. The summed E-state index contributed by atoms with van der Waals surface area (Å²) in [6.45, 7) is 2.53. The highest BCUT2D eigenvalue weighted by molar-refractivity contribution is 5.87. The molecule has 1 aromatic rings. The van der Waals surface area contributed by atoms with Gasteiger partial charge in [0, 0.05) is 18.7 Å². The van der Waals surface area contributed by atoms with Crippen molar-refractivity contribution in [1.29, 1.82) is 5.26 Å². The van der Waals surface area contributed by atoms with Gasteiger partial charge in [-0.25, -0.2) is 4.68 Å². The minimum atomic E-state index is -0.422. The molecule has 3 unspecified atom stereocenters. The Labute approximate surface area is 158 Å². The number of likely N-dealkylation sites (tertiary alicyclic amines) is 1. The van der Waals surface area contributed by atoms with Gasteiger partial charge in [0.2, 0.25) is 11.8 Å². The fourth-order valence-electron chi connectivity index (χ4n) is 3.84. The van der Waals surface area contributed by atoms with Crippen molar-refractivity contribution in [3.05, 3.63) is 11.9 Å². The van der Waals surface area contributed by atoms with E-state index >= 15 is 0 Å². The minimum Gasteiger partial charge on any atom is -0.345 e. The van der Waals surface area contributed by atoms with Gasteiger partial charge in [-0.1, -0.05) is 25.0 Å². The number of nitrogens with one attached hydrogen (secondary N) is 1. The van der Waals surface area contributed by atoms with Gasteiger partial charge in [0.1, 0.15) is 12.1 Å². The highest BCUT2D eigenvalue weighted by Crippen LogP contribution is 2.40. The van der Waals surface area contributed by atoms with Crippen LogP contribution in [0.5, 0.6) is 0 Å². The molecule has 3 aliphatic rings. The van der Waals surface area contributed by atoms with Crippen molar-refractivity contribution in [1.82, 2.24) is 25.2 Å². The molecule has 1 saturated heterocycles. The summed E-state index contributed by atoms with van der Waals surface area (Å²) in [6, 6.07) is 1.38. The quantitative estimate of drug-likeness (QED) is 0.781. The van der Waals surface area contributed by atoms with Gasteiger partial charge in [0.25, 0.3) is 0 Å². The monoisotopic (exact) mass is 370 g/mol. The largest absolute Gasteiger partial charge is 0.345 e. The Morgan fingerprint density at radius 3 is 2.81 bits per heavy atom. The van der Waals surface area contributed by atoms with Crippen LogP contribution in [0.4, 0.5) is 0 Å². The fourth-order valence-corrected chi connectivity index (χ4v) is 3.84. The van der Waals surface area contributed by atoms with Crippen LogP contribution in [0.25, 0.3) is 0 Å². The molecule has 0 spiro atoms. The lowest BCUT2D eigenvalue weighted by Crippen LogP contribution is -2.44. The molecular weight excluding hydrogens is 344 g/mol. The lowest BCUT2D eigenvalue weighted by Gasteiger charge is -2.21. The topological polar surface area (TPSA) is 104 Å². The van der Waals surface area contributed by atoms with Crippen LogP contribution in [0.1, 0.15) is 63.1 Å². The number of amides is 2. The summed E-state index contributed by atoms with van der Waals surface area (Å²) in [4.78, 5) is 26.9. The summed E-state index contributed by atoms with van der Waals surface area (Å²) in [5.41, 5.74) is 0.961. The van der Waals surface area contributed by atoms with Crippen LogP contribution < -0.4 is 5.32 Å². The second-order valence-corrected chi connectivity index (χ2v) is 8.34. The molecule has 1 aromatic heterocycles. The van der Waals surface area contributed by atoms with E-state index in [0.29, 0.717) is 30.7 Å². The normalized spacial score (nSPS) is 25.9. The number of carbonyl (C=O) groups excluding carboxylic acids is 2. The Hall–Kier alpha value is -2.43. The molecule has 3 fully saturated rings. The standard InChI is InChI=1S/C19H26N6O2/c1-12-6-15(8-20)24(10-12)18(26)9-21-19(27)17(7-13-2-3-13)25-11-16(22-23-25)14-4-5-14/h11-15,17H,2-7,9-10H2,1H3,(H,21,27). The van der Waals surface area contributed by atoms with Crippen molar-refractivity contribution in [2.24, 2.45) is 11.8 Å². The van der Waals surface area contributed by atoms with E-state index in [1.165, 1.54) is 0 Å². The number of carbonyl (C=O) groups is 2. The van der Waals surface area contributed by atoms with E-state index < -0.39 is 6.04 Å². The SMILES string of the molecule is CC1CC(C#N)N(C(=O)CNC(=O)C(CC2CC2)n2cc(C3CC3)nn2)C1. The lowest BCUT2D eigenvalue weighted by molar-refractivity contribution is -0.134. The second kappa shape index (κ2) is 7.29. The van der Waals surface area contributed by atoms with Gasteiger partial charge >= 0.3 is 0 Å². The summed E-state index contributed by atoms with van der Waals surface area (Å²) < 4.78 is 1.67. The first-order valence-corrected chi connectivity index (χ1v) is 9.93. The first kappa shape index (κ1) is 18.0. The summed E-state index contributed by atoms with van der Waals surface area (Å²) in [5.74, 6) is 0.968. The maximum atomic E-state index is 12.8. The zero-order valence-corrected chi connectivity index (χ0v) is 15.7. The van der Waals surface area contributed by atoms with Crippen LogP contribution in [0.3, 0.4) is 0 Å². The first-order valence-electron chi connectivity index (χ1n) is 9.93. The Balaban J connectivity index is 1.37. The summed E-state index contributed by atoms with van der Waals surface area (Å²) in [5, 5.41) is 20.4. The van der Waals surface area contributed by atoms with E-state index in [1.807, 2.05) is 13.1 Å². The molecule has 0 radical (unpaired) electrons. The molecule has 27 heavy (non-hydrogen) atoms. The summed E-state index contributed by atoms with van der Waals surface area (Å²) in [6.07, 6.45) is 7.88. The van der Waals surface area contributed by atoms with Crippen molar-refractivity contribution in [2.75, 3.05) is 13.1 Å². The fraction of sp³-hybridized carbons (Fsp3) is 0.737. The lowest BCUT2D eigenvalue weighted by atomic mass is 10.1. The average molecular weight is 370 g/mol. The highest BCUT2D eigenvalue weighted by atomic mass is 16.2. The Morgan fingerprint density at radius 1 is 1.37 bits per heavy atom. The van der Waals surface area contributed by atoms with Crippen molar-refractivity contribution in [3.8, 4) is 6.07 Å². The molecule has 2 amide bonds. The maximum absolute atomic E-state index is 12.8. The molecule has 0 aromatic carbocycles. The smallest absolute Gasteiger partial charge is 0.245 e. The molecule has 4 rings (SSSR count). The summed E-state index contributed by atoms with van der Waals surface area (Å²) >= 11 is 0. The van der Waals surface area contributed by atoms with Gasteiger partial charge in [0.15, 0.2) is 0 Å². The third-order valence-electron chi connectivity index (χ3n) is 5.79. The van der Waals surface area contributed by atoms with Crippen LogP contribution in [0, 0.1) is 23.2 Å². The van der Waals surface area contributed by atoms with Crippen molar-refractivity contribution in [2.45, 2.75) is 63.5 Å². The van der Waals surface area contributed by atoms with Crippen LogP contribution in [0.2, 0.25) is 0 Å². The number of aromatic nitrogens is 3. The molecule has 8 nitrogen and oxygen atoms in total. The van der Waals surface area contributed by atoms with Crippen LogP contribution in [0.15, 0.2) is 6.20 Å². The molecule has 0 bridgehead atoms. The number of nitrogens with zero attached hydrogens (tertiary/aromatic N) is 5.